The van der Waals surface area contributed by atoms with E-state index in [2.05, 4.69) is 16.3 Å². The van der Waals surface area contributed by atoms with Crippen LogP contribution in [0, 0.1) is 18.3 Å². The van der Waals surface area contributed by atoms with Crippen LogP contribution in [0.3, 0.4) is 0 Å². The van der Waals surface area contributed by atoms with Crippen LogP contribution >= 0.6 is 0 Å². The van der Waals surface area contributed by atoms with Gasteiger partial charge in [-0.05, 0) is 37.3 Å². The van der Waals surface area contributed by atoms with Gasteiger partial charge in [0.1, 0.15) is 5.75 Å². The first-order valence-corrected chi connectivity index (χ1v) is 5.13. The Balaban J connectivity index is 2.51. The number of benzene rings is 1. The summed E-state index contributed by atoms with van der Waals surface area (Å²) in [4.78, 5) is 0. The Hall–Kier alpha value is -2.41. The molecule has 0 N–H and O–H groups in total. The van der Waals surface area contributed by atoms with Gasteiger partial charge in [-0.25, -0.2) is 0 Å². The number of ether oxygens (including phenoxy) is 1. The Morgan fingerprint density at radius 3 is 2.59 bits per heavy atom. The number of rotatable bonds is 2. The summed E-state index contributed by atoms with van der Waals surface area (Å²) in [5.41, 5.74) is 2.96. The van der Waals surface area contributed by atoms with Gasteiger partial charge in [0, 0.05) is 5.56 Å². The maximum atomic E-state index is 8.93. The zero-order valence-corrected chi connectivity index (χ0v) is 9.64. The topological polar surface area (TPSA) is 58.8 Å². The molecular weight excluding hydrogens is 214 g/mol. The Kier molecular flexibility index (Phi) is 3.01. The van der Waals surface area contributed by atoms with Crippen molar-refractivity contribution in [3.05, 3.63) is 41.6 Å². The molecule has 0 amide bonds. The van der Waals surface area contributed by atoms with Crippen molar-refractivity contribution in [3.8, 4) is 23.1 Å². The van der Waals surface area contributed by atoms with E-state index in [-0.39, 0.29) is 0 Å². The number of nitriles is 1. The van der Waals surface area contributed by atoms with Crippen molar-refractivity contribution in [2.75, 3.05) is 7.11 Å². The summed E-state index contributed by atoms with van der Waals surface area (Å²) in [5, 5.41) is 17.0. The number of methoxy groups -OCH3 is 1. The maximum absolute atomic E-state index is 8.93. The van der Waals surface area contributed by atoms with Crippen LogP contribution in [0.4, 0.5) is 0 Å². The van der Waals surface area contributed by atoms with Gasteiger partial charge in [-0.1, -0.05) is 0 Å². The molecule has 0 unspecified atom stereocenters. The lowest BCUT2D eigenvalue weighted by Crippen LogP contribution is -1.91. The van der Waals surface area contributed by atoms with Gasteiger partial charge in [-0.3, -0.25) is 0 Å². The fourth-order valence-corrected chi connectivity index (χ4v) is 1.48. The fraction of sp³-hybridized carbons (Fsp3) is 0.154. The summed E-state index contributed by atoms with van der Waals surface area (Å²) in [6.45, 7) is 1.88. The standard InChI is InChI=1S/C13H11N3O/c1-9-3-4-13(16-15-9)11-5-10(8-14)6-12(7-11)17-2/h3-7H,1-2H3. The zero-order chi connectivity index (χ0) is 12.3. The molecule has 2 rings (SSSR count). The zero-order valence-electron chi connectivity index (χ0n) is 9.64. The van der Waals surface area contributed by atoms with Crippen molar-refractivity contribution in [2.24, 2.45) is 0 Å². The Morgan fingerprint density at radius 2 is 2.00 bits per heavy atom. The quantitative estimate of drug-likeness (QED) is 0.787. The molecule has 1 aromatic heterocycles. The van der Waals surface area contributed by atoms with E-state index in [0.29, 0.717) is 11.3 Å². The van der Waals surface area contributed by atoms with Crippen LogP contribution in [-0.2, 0) is 0 Å². The maximum Gasteiger partial charge on any atom is 0.120 e. The molecule has 0 saturated carbocycles. The molecule has 0 atom stereocenters. The molecule has 17 heavy (non-hydrogen) atoms. The highest BCUT2D eigenvalue weighted by molar-refractivity contribution is 5.63. The summed E-state index contributed by atoms with van der Waals surface area (Å²) in [6, 6.07) is 11.1. The van der Waals surface area contributed by atoms with Gasteiger partial charge in [0.2, 0.25) is 0 Å². The third-order valence-corrected chi connectivity index (χ3v) is 2.36. The van der Waals surface area contributed by atoms with Crippen LogP contribution < -0.4 is 4.74 Å². The molecule has 0 radical (unpaired) electrons. The van der Waals surface area contributed by atoms with Gasteiger partial charge in [-0.2, -0.15) is 15.5 Å². The third kappa shape index (κ3) is 2.40. The second-order valence-corrected chi connectivity index (χ2v) is 3.62. The molecule has 1 heterocycles. The van der Waals surface area contributed by atoms with Crippen molar-refractivity contribution < 1.29 is 4.74 Å². The highest BCUT2D eigenvalue weighted by Crippen LogP contribution is 2.24. The second kappa shape index (κ2) is 4.62. The monoisotopic (exact) mass is 225 g/mol. The number of hydrogen-bond acceptors (Lipinski definition) is 4. The molecular formula is C13H11N3O. The van der Waals surface area contributed by atoms with Crippen molar-refractivity contribution in [3.63, 3.8) is 0 Å². The number of aryl methyl sites for hydroxylation is 1. The first-order valence-electron chi connectivity index (χ1n) is 5.13. The third-order valence-electron chi connectivity index (χ3n) is 2.36. The minimum absolute atomic E-state index is 0.543. The molecule has 2 aromatic rings. The van der Waals surface area contributed by atoms with E-state index in [1.165, 1.54) is 0 Å². The van der Waals surface area contributed by atoms with Crippen LogP contribution in [-0.4, -0.2) is 17.3 Å². The largest absolute Gasteiger partial charge is 0.497 e. The molecule has 0 saturated heterocycles. The van der Waals surface area contributed by atoms with Gasteiger partial charge in [-0.15, -0.1) is 0 Å². The molecule has 0 aliphatic rings. The SMILES string of the molecule is COc1cc(C#N)cc(-c2ccc(C)nn2)c1. The van der Waals surface area contributed by atoms with E-state index in [0.717, 1.165) is 17.0 Å². The van der Waals surface area contributed by atoms with Crippen LogP contribution in [0.15, 0.2) is 30.3 Å². The smallest absolute Gasteiger partial charge is 0.120 e. The molecule has 0 aliphatic heterocycles. The molecule has 1 aromatic carbocycles. The predicted octanol–water partition coefficient (Wildman–Crippen LogP) is 2.33. The van der Waals surface area contributed by atoms with Crippen LogP contribution in [0.2, 0.25) is 0 Å². The summed E-state index contributed by atoms with van der Waals surface area (Å²) in [7, 11) is 1.57. The fourth-order valence-electron chi connectivity index (χ4n) is 1.48. The molecule has 84 valence electrons. The van der Waals surface area contributed by atoms with Crippen molar-refractivity contribution >= 4 is 0 Å². The van der Waals surface area contributed by atoms with Crippen LogP contribution in [0.25, 0.3) is 11.3 Å². The number of nitrogens with zero attached hydrogens (tertiary/aromatic N) is 3. The highest BCUT2D eigenvalue weighted by atomic mass is 16.5. The van der Waals surface area contributed by atoms with E-state index < -0.39 is 0 Å². The number of aromatic nitrogens is 2. The average molecular weight is 225 g/mol. The summed E-state index contributed by atoms with van der Waals surface area (Å²) in [6.07, 6.45) is 0. The van der Waals surface area contributed by atoms with E-state index in [1.807, 2.05) is 25.1 Å². The molecule has 0 bridgehead atoms. The van der Waals surface area contributed by atoms with Crippen molar-refractivity contribution in [2.45, 2.75) is 6.92 Å². The first-order chi connectivity index (χ1) is 8.22. The normalized spacial score (nSPS) is 9.71. The van der Waals surface area contributed by atoms with Crippen LogP contribution in [0.5, 0.6) is 5.75 Å². The molecule has 0 spiro atoms. The van der Waals surface area contributed by atoms with Crippen molar-refractivity contribution in [1.29, 1.82) is 5.26 Å². The van der Waals surface area contributed by atoms with E-state index in [4.69, 9.17) is 10.00 Å². The molecule has 0 fully saturated rings. The summed E-state index contributed by atoms with van der Waals surface area (Å²) >= 11 is 0. The highest BCUT2D eigenvalue weighted by Gasteiger charge is 2.05. The Labute approximate surface area is 99.5 Å². The predicted molar refractivity (Wildman–Crippen MR) is 63.5 cm³/mol. The lowest BCUT2D eigenvalue weighted by atomic mass is 10.1. The van der Waals surface area contributed by atoms with Gasteiger partial charge in [0.15, 0.2) is 0 Å². The minimum Gasteiger partial charge on any atom is -0.497 e. The second-order valence-electron chi connectivity index (χ2n) is 3.62. The molecule has 4 heteroatoms. The first kappa shape index (κ1) is 11.1. The lowest BCUT2D eigenvalue weighted by molar-refractivity contribution is 0.415. The summed E-state index contributed by atoms with van der Waals surface area (Å²) < 4.78 is 5.14. The summed E-state index contributed by atoms with van der Waals surface area (Å²) in [5.74, 6) is 0.640. The van der Waals surface area contributed by atoms with E-state index in [1.54, 1.807) is 19.2 Å². The van der Waals surface area contributed by atoms with E-state index in [9.17, 15) is 0 Å². The number of hydrogen-bond donors (Lipinski definition) is 0. The lowest BCUT2D eigenvalue weighted by Gasteiger charge is -2.05. The Morgan fingerprint density at radius 1 is 1.18 bits per heavy atom. The average Bonchev–Trinajstić information content (AvgIpc) is 2.39. The van der Waals surface area contributed by atoms with Crippen LogP contribution in [0.1, 0.15) is 11.3 Å². The van der Waals surface area contributed by atoms with Gasteiger partial charge in [0.25, 0.3) is 0 Å². The van der Waals surface area contributed by atoms with E-state index >= 15 is 0 Å². The van der Waals surface area contributed by atoms with Gasteiger partial charge >= 0.3 is 0 Å². The van der Waals surface area contributed by atoms with Gasteiger partial charge in [0.05, 0.1) is 30.1 Å². The molecule has 0 aliphatic carbocycles. The minimum atomic E-state index is 0.543. The Bertz CT molecular complexity index is 570. The van der Waals surface area contributed by atoms with Crippen molar-refractivity contribution in [1.82, 2.24) is 10.2 Å². The van der Waals surface area contributed by atoms with Gasteiger partial charge < -0.3 is 4.74 Å². The molecule has 4 nitrogen and oxygen atoms in total.